The third-order valence-corrected chi connectivity index (χ3v) is 4.68. The van der Waals surface area contributed by atoms with Crippen LogP contribution < -0.4 is 10.6 Å². The predicted molar refractivity (Wildman–Crippen MR) is 128 cm³/mol. The van der Waals surface area contributed by atoms with Crippen LogP contribution in [0, 0.1) is 0 Å². The van der Waals surface area contributed by atoms with Crippen LogP contribution in [-0.2, 0) is 24.2 Å². The van der Waals surface area contributed by atoms with Crippen LogP contribution >= 0.6 is 24.0 Å². The summed E-state index contributed by atoms with van der Waals surface area (Å²) in [4.78, 5) is 7.21. The zero-order valence-electron chi connectivity index (χ0n) is 16.8. The molecule has 29 heavy (non-hydrogen) atoms. The zero-order valence-corrected chi connectivity index (χ0v) is 19.1. The molecule has 0 unspecified atom stereocenters. The molecule has 1 aliphatic rings. The molecule has 158 valence electrons. The van der Waals surface area contributed by atoms with E-state index in [-0.39, 0.29) is 24.0 Å². The first-order valence-corrected chi connectivity index (χ1v) is 9.87. The smallest absolute Gasteiger partial charge is 0.191 e. The first-order chi connectivity index (χ1) is 13.8. The van der Waals surface area contributed by atoms with Crippen LogP contribution in [-0.4, -0.2) is 50.3 Å². The van der Waals surface area contributed by atoms with Crippen molar-refractivity contribution in [3.8, 4) is 0 Å². The van der Waals surface area contributed by atoms with Gasteiger partial charge in [-0.05, 0) is 23.3 Å². The van der Waals surface area contributed by atoms with E-state index < -0.39 is 0 Å². The Kier molecular flexibility index (Phi) is 10.8. The summed E-state index contributed by atoms with van der Waals surface area (Å²) in [6, 6.07) is 12.4. The Morgan fingerprint density at radius 3 is 2.62 bits per heavy atom. The Balaban J connectivity index is 0.00000300. The molecule has 0 bridgehead atoms. The quantitative estimate of drug-likeness (QED) is 0.235. The number of guanidine groups is 1. The van der Waals surface area contributed by atoms with Crippen molar-refractivity contribution in [2.75, 3.05) is 39.4 Å². The van der Waals surface area contributed by atoms with E-state index in [4.69, 9.17) is 14.1 Å². The maximum absolute atomic E-state index is 5.45. The van der Waals surface area contributed by atoms with Crippen molar-refractivity contribution >= 4 is 29.9 Å². The first kappa shape index (κ1) is 23.4. The van der Waals surface area contributed by atoms with Crippen LogP contribution in [0.3, 0.4) is 0 Å². The summed E-state index contributed by atoms with van der Waals surface area (Å²) in [5.41, 5.74) is 2.58. The zero-order chi connectivity index (χ0) is 19.4. The molecule has 3 rings (SSSR count). The Morgan fingerprint density at radius 1 is 1.10 bits per heavy atom. The molecule has 1 fully saturated rings. The van der Waals surface area contributed by atoms with Crippen molar-refractivity contribution in [3.63, 3.8) is 0 Å². The number of hydrogen-bond donors (Lipinski definition) is 2. The van der Waals surface area contributed by atoms with Gasteiger partial charge in [-0.3, -0.25) is 4.90 Å². The monoisotopic (exact) mass is 510 g/mol. The van der Waals surface area contributed by atoms with E-state index in [2.05, 4.69) is 46.4 Å². The molecular weight excluding hydrogens is 479 g/mol. The molecule has 0 spiro atoms. The van der Waals surface area contributed by atoms with E-state index in [1.165, 1.54) is 11.1 Å². The maximum Gasteiger partial charge on any atom is 0.191 e. The first-order valence-electron chi connectivity index (χ1n) is 9.87. The number of aliphatic imine (C=N–C) groups is 1. The van der Waals surface area contributed by atoms with Crippen LogP contribution in [0.4, 0.5) is 0 Å². The average Bonchev–Trinajstić information content (AvgIpc) is 3.25. The van der Waals surface area contributed by atoms with Crippen molar-refractivity contribution in [2.24, 2.45) is 4.99 Å². The summed E-state index contributed by atoms with van der Waals surface area (Å²) in [6.07, 6.45) is 4.34. The maximum atomic E-state index is 5.45. The number of benzene rings is 1. The predicted octanol–water partition coefficient (Wildman–Crippen LogP) is 3.19. The van der Waals surface area contributed by atoms with Gasteiger partial charge >= 0.3 is 0 Å². The second-order valence-corrected chi connectivity index (χ2v) is 6.75. The van der Waals surface area contributed by atoms with Gasteiger partial charge in [-0.15, -0.1) is 30.6 Å². The summed E-state index contributed by atoms with van der Waals surface area (Å²) < 4.78 is 10.8. The molecule has 1 aromatic carbocycles. The summed E-state index contributed by atoms with van der Waals surface area (Å²) in [5.74, 6) is 1.75. The van der Waals surface area contributed by atoms with E-state index in [0.717, 1.165) is 57.5 Å². The van der Waals surface area contributed by atoms with Crippen molar-refractivity contribution in [1.29, 1.82) is 0 Å². The van der Waals surface area contributed by atoms with Gasteiger partial charge in [0.25, 0.3) is 0 Å². The van der Waals surface area contributed by atoms with Crippen molar-refractivity contribution in [3.05, 3.63) is 72.2 Å². The number of hydrogen-bond acceptors (Lipinski definition) is 4. The van der Waals surface area contributed by atoms with Gasteiger partial charge in [0, 0.05) is 39.1 Å². The molecule has 0 atom stereocenters. The van der Waals surface area contributed by atoms with Gasteiger partial charge in [0.2, 0.25) is 0 Å². The van der Waals surface area contributed by atoms with Gasteiger partial charge in [0.05, 0.1) is 26.0 Å². The minimum atomic E-state index is 0. The second-order valence-electron chi connectivity index (χ2n) is 6.75. The number of furan rings is 1. The highest BCUT2D eigenvalue weighted by molar-refractivity contribution is 14.0. The fraction of sp³-hybridized carbons (Fsp3) is 0.409. The molecule has 0 aliphatic carbocycles. The summed E-state index contributed by atoms with van der Waals surface area (Å²) in [7, 11) is 0. The van der Waals surface area contributed by atoms with Crippen molar-refractivity contribution in [1.82, 2.24) is 15.5 Å². The molecule has 6 nitrogen and oxygen atoms in total. The highest BCUT2D eigenvalue weighted by Crippen LogP contribution is 2.14. The molecule has 0 radical (unpaired) electrons. The highest BCUT2D eigenvalue weighted by Gasteiger charge is 2.12. The fourth-order valence-corrected chi connectivity index (χ4v) is 3.13. The lowest BCUT2D eigenvalue weighted by Gasteiger charge is -2.27. The SMILES string of the molecule is C=CCNC(=NCc1ccccc1CN1CCOCC1)NCCc1ccco1.I. The summed E-state index contributed by atoms with van der Waals surface area (Å²) in [6.45, 7) is 10.4. The van der Waals surface area contributed by atoms with E-state index in [0.29, 0.717) is 13.1 Å². The van der Waals surface area contributed by atoms with Gasteiger partial charge in [0.15, 0.2) is 5.96 Å². The Hall–Kier alpha value is -1.84. The van der Waals surface area contributed by atoms with Gasteiger partial charge in [-0.1, -0.05) is 30.3 Å². The third kappa shape index (κ3) is 8.20. The highest BCUT2D eigenvalue weighted by atomic mass is 127. The minimum Gasteiger partial charge on any atom is -0.469 e. The van der Waals surface area contributed by atoms with E-state index in [9.17, 15) is 0 Å². The van der Waals surface area contributed by atoms with Crippen LogP contribution in [0.1, 0.15) is 16.9 Å². The fourth-order valence-electron chi connectivity index (χ4n) is 3.13. The molecule has 0 saturated carbocycles. The normalized spacial score (nSPS) is 14.8. The Labute approximate surface area is 190 Å². The topological polar surface area (TPSA) is 62.0 Å². The minimum absolute atomic E-state index is 0. The lowest BCUT2D eigenvalue weighted by Crippen LogP contribution is -2.38. The lowest BCUT2D eigenvalue weighted by molar-refractivity contribution is 0.0341. The molecule has 1 saturated heterocycles. The number of nitrogens with zero attached hydrogens (tertiary/aromatic N) is 2. The molecule has 2 N–H and O–H groups in total. The van der Waals surface area contributed by atoms with Gasteiger partial charge in [-0.2, -0.15) is 0 Å². The summed E-state index contributed by atoms with van der Waals surface area (Å²) >= 11 is 0. The van der Waals surface area contributed by atoms with Crippen LogP contribution in [0.2, 0.25) is 0 Å². The summed E-state index contributed by atoms with van der Waals surface area (Å²) in [5, 5.41) is 6.65. The van der Waals surface area contributed by atoms with E-state index >= 15 is 0 Å². The standard InChI is InChI=1S/C22H30N4O2.HI/c1-2-10-23-22(24-11-9-21-8-5-14-28-21)25-17-19-6-3-4-7-20(19)18-26-12-15-27-16-13-26;/h2-8,14H,1,9-13,15-18H2,(H2,23,24,25);1H. The van der Waals surface area contributed by atoms with Crippen LogP contribution in [0.15, 0.2) is 64.7 Å². The Bertz CT molecular complexity index is 743. The van der Waals surface area contributed by atoms with E-state index in [1.54, 1.807) is 6.26 Å². The van der Waals surface area contributed by atoms with Gasteiger partial charge < -0.3 is 19.8 Å². The van der Waals surface area contributed by atoms with Gasteiger partial charge in [0.1, 0.15) is 5.76 Å². The number of ether oxygens (including phenoxy) is 1. The molecule has 2 aromatic rings. The average molecular weight is 510 g/mol. The number of rotatable bonds is 9. The Morgan fingerprint density at radius 2 is 1.90 bits per heavy atom. The molecule has 0 amide bonds. The molecule has 2 heterocycles. The van der Waals surface area contributed by atoms with Gasteiger partial charge in [-0.25, -0.2) is 4.99 Å². The van der Waals surface area contributed by atoms with Crippen LogP contribution in [0.25, 0.3) is 0 Å². The number of nitrogens with one attached hydrogen (secondary N) is 2. The van der Waals surface area contributed by atoms with E-state index in [1.807, 2.05) is 18.2 Å². The lowest BCUT2D eigenvalue weighted by atomic mass is 10.1. The molecule has 1 aromatic heterocycles. The van der Waals surface area contributed by atoms with Crippen LogP contribution in [0.5, 0.6) is 0 Å². The number of halogens is 1. The molecular formula is C22H31IN4O2. The second kappa shape index (κ2) is 13.4. The largest absolute Gasteiger partial charge is 0.469 e. The van der Waals surface area contributed by atoms with Crippen molar-refractivity contribution < 1.29 is 9.15 Å². The number of morpholine rings is 1. The molecule has 1 aliphatic heterocycles. The third-order valence-electron chi connectivity index (χ3n) is 4.68. The molecule has 7 heteroatoms. The van der Waals surface area contributed by atoms with Crippen molar-refractivity contribution in [2.45, 2.75) is 19.5 Å².